The predicted molar refractivity (Wildman–Crippen MR) is 145 cm³/mol. The zero-order chi connectivity index (χ0) is 26.6. The van der Waals surface area contributed by atoms with Crippen LogP contribution in [-0.4, -0.2) is 26.7 Å². The molecule has 1 saturated heterocycles. The van der Waals surface area contributed by atoms with Crippen molar-refractivity contribution in [2.75, 3.05) is 0 Å². The molecule has 4 aromatic rings. The van der Waals surface area contributed by atoms with Crippen LogP contribution in [0.4, 0.5) is 0 Å². The van der Waals surface area contributed by atoms with Crippen molar-refractivity contribution in [3.05, 3.63) is 136 Å². The zero-order valence-electron chi connectivity index (χ0n) is 21.3. The molecule has 0 saturated carbocycles. The monoisotopic (exact) mass is 504 g/mol. The molecular formula is C32H28N2O4. The summed E-state index contributed by atoms with van der Waals surface area (Å²) in [4.78, 5) is 32.0. The third kappa shape index (κ3) is 5.20. The lowest BCUT2D eigenvalue weighted by atomic mass is 9.94. The number of carbonyl (C=O) groups excluding carboxylic acids is 2. The summed E-state index contributed by atoms with van der Waals surface area (Å²) in [5, 5.41) is 11.3. The highest BCUT2D eigenvalue weighted by Gasteiger charge is 2.46. The zero-order valence-corrected chi connectivity index (χ0v) is 21.3. The molecule has 190 valence electrons. The fourth-order valence-corrected chi connectivity index (χ4v) is 4.66. The lowest BCUT2D eigenvalue weighted by Crippen LogP contribution is -2.29. The number of ketones is 1. The number of aliphatic hydroxyl groups excluding tert-OH is 1. The van der Waals surface area contributed by atoms with Crippen LogP contribution in [-0.2, 0) is 22.7 Å². The van der Waals surface area contributed by atoms with Gasteiger partial charge in [-0.15, -0.1) is 0 Å². The van der Waals surface area contributed by atoms with E-state index in [0.29, 0.717) is 17.9 Å². The third-order valence-electron chi connectivity index (χ3n) is 6.65. The normalized spacial score (nSPS) is 16.6. The Morgan fingerprint density at radius 2 is 1.58 bits per heavy atom. The van der Waals surface area contributed by atoms with E-state index in [2.05, 4.69) is 11.1 Å². The molecule has 2 heterocycles. The Morgan fingerprint density at radius 1 is 0.868 bits per heavy atom. The van der Waals surface area contributed by atoms with Gasteiger partial charge in [0.25, 0.3) is 11.7 Å². The number of nitrogens with zero attached hydrogens (tertiary/aromatic N) is 2. The summed E-state index contributed by atoms with van der Waals surface area (Å²) in [5.41, 5.74) is 5.38. The highest BCUT2D eigenvalue weighted by Crippen LogP contribution is 2.40. The average Bonchev–Trinajstić information content (AvgIpc) is 3.18. The number of aryl methyl sites for hydroxylation is 2. The average molecular weight is 505 g/mol. The molecule has 1 N–H and O–H groups in total. The molecule has 1 atom stereocenters. The third-order valence-corrected chi connectivity index (χ3v) is 6.65. The molecule has 6 heteroatoms. The predicted octanol–water partition coefficient (Wildman–Crippen LogP) is 5.90. The molecule has 1 aromatic heterocycles. The fourth-order valence-electron chi connectivity index (χ4n) is 4.66. The van der Waals surface area contributed by atoms with Gasteiger partial charge in [-0.1, -0.05) is 59.7 Å². The summed E-state index contributed by atoms with van der Waals surface area (Å²) in [6.45, 7) is 4.64. The highest BCUT2D eigenvalue weighted by atomic mass is 16.5. The molecule has 5 rings (SSSR count). The Labute approximate surface area is 221 Å². The van der Waals surface area contributed by atoms with Crippen molar-refractivity contribution in [1.29, 1.82) is 0 Å². The van der Waals surface area contributed by atoms with Crippen LogP contribution in [0.15, 0.2) is 103 Å². The van der Waals surface area contributed by atoms with Crippen LogP contribution in [0.25, 0.3) is 5.76 Å². The van der Waals surface area contributed by atoms with E-state index in [9.17, 15) is 14.7 Å². The Hall–Kier alpha value is -4.71. The van der Waals surface area contributed by atoms with Gasteiger partial charge in [0.1, 0.15) is 18.1 Å². The summed E-state index contributed by atoms with van der Waals surface area (Å²) >= 11 is 0. The Bertz CT molecular complexity index is 1490. The number of amides is 1. The van der Waals surface area contributed by atoms with Crippen molar-refractivity contribution in [2.45, 2.75) is 33.0 Å². The van der Waals surface area contributed by atoms with E-state index in [1.807, 2.05) is 56.3 Å². The van der Waals surface area contributed by atoms with Crippen molar-refractivity contribution in [1.82, 2.24) is 9.88 Å². The summed E-state index contributed by atoms with van der Waals surface area (Å²) in [5.74, 6) is -0.929. The Morgan fingerprint density at radius 3 is 2.26 bits per heavy atom. The highest BCUT2D eigenvalue weighted by molar-refractivity contribution is 6.46. The van der Waals surface area contributed by atoms with Crippen molar-refractivity contribution >= 4 is 17.4 Å². The molecule has 1 aliphatic rings. The Balaban J connectivity index is 1.47. The van der Waals surface area contributed by atoms with Gasteiger partial charge in [-0.25, -0.2) is 0 Å². The van der Waals surface area contributed by atoms with Gasteiger partial charge in [0.15, 0.2) is 0 Å². The maximum Gasteiger partial charge on any atom is 0.295 e. The molecule has 0 aliphatic carbocycles. The summed E-state index contributed by atoms with van der Waals surface area (Å²) < 4.78 is 5.90. The van der Waals surface area contributed by atoms with E-state index < -0.39 is 17.7 Å². The number of Topliss-reactive ketones (excluding diaryl/α,β-unsaturated/α-hetero) is 1. The minimum Gasteiger partial charge on any atom is -0.507 e. The molecule has 0 spiro atoms. The van der Waals surface area contributed by atoms with Crippen molar-refractivity contribution in [2.24, 2.45) is 0 Å². The number of likely N-dealkylation sites (tertiary alicyclic amines) is 1. The van der Waals surface area contributed by atoms with Crippen molar-refractivity contribution in [3.8, 4) is 5.75 Å². The van der Waals surface area contributed by atoms with Gasteiger partial charge in [0.05, 0.1) is 11.6 Å². The number of pyridine rings is 1. The maximum absolute atomic E-state index is 13.3. The first-order valence-electron chi connectivity index (χ1n) is 12.4. The molecule has 6 nitrogen and oxygen atoms in total. The van der Waals surface area contributed by atoms with E-state index in [-0.39, 0.29) is 17.9 Å². The summed E-state index contributed by atoms with van der Waals surface area (Å²) in [6.07, 6.45) is 3.30. The molecule has 0 radical (unpaired) electrons. The lowest BCUT2D eigenvalue weighted by Gasteiger charge is -2.25. The smallest absolute Gasteiger partial charge is 0.295 e. The van der Waals surface area contributed by atoms with Crippen LogP contribution >= 0.6 is 0 Å². The largest absolute Gasteiger partial charge is 0.507 e. The molecule has 1 fully saturated rings. The fraction of sp³-hybridized carbons (Fsp3) is 0.156. The molecular weight excluding hydrogens is 476 g/mol. The standard InChI is InChI=1S/C32H28N2O4/c1-21-6-8-25(9-7-21)29-28(31(36)32(37)34(29)19-23-14-16-33-17-15-23)30(35)26-10-12-27(13-11-26)38-20-24-5-3-4-22(2)18-24/h3-18,29,35H,19-20H2,1-2H3. The van der Waals surface area contributed by atoms with Gasteiger partial charge >= 0.3 is 0 Å². The number of carbonyl (C=O) groups is 2. The SMILES string of the molecule is Cc1ccc(C2C(=C(O)c3ccc(OCc4cccc(C)c4)cc3)C(=O)C(=O)N2Cc2ccncc2)cc1. The van der Waals surface area contributed by atoms with Crippen molar-refractivity contribution in [3.63, 3.8) is 0 Å². The Kier molecular flexibility index (Phi) is 7.05. The second-order valence-electron chi connectivity index (χ2n) is 9.50. The maximum atomic E-state index is 13.3. The topological polar surface area (TPSA) is 79.7 Å². The second-order valence-corrected chi connectivity index (χ2v) is 9.50. The van der Waals surface area contributed by atoms with E-state index in [4.69, 9.17) is 4.74 Å². The van der Waals surface area contributed by atoms with Gasteiger partial charge in [0.2, 0.25) is 0 Å². The van der Waals surface area contributed by atoms with Gasteiger partial charge in [-0.05, 0) is 66.9 Å². The first kappa shape index (κ1) is 25.0. The van der Waals surface area contributed by atoms with E-state index in [1.54, 1.807) is 48.8 Å². The van der Waals surface area contributed by atoms with Crippen LogP contribution in [0, 0.1) is 13.8 Å². The van der Waals surface area contributed by atoms with E-state index in [1.165, 1.54) is 4.90 Å². The quantitative estimate of drug-likeness (QED) is 0.193. The molecule has 1 amide bonds. The number of benzene rings is 3. The first-order valence-corrected chi connectivity index (χ1v) is 12.4. The molecule has 1 unspecified atom stereocenters. The van der Waals surface area contributed by atoms with E-state index in [0.717, 1.165) is 27.8 Å². The van der Waals surface area contributed by atoms with Crippen LogP contribution in [0.2, 0.25) is 0 Å². The summed E-state index contributed by atoms with van der Waals surface area (Å²) in [7, 11) is 0. The molecule has 0 bridgehead atoms. The van der Waals surface area contributed by atoms with Crippen LogP contribution < -0.4 is 4.74 Å². The molecule has 3 aromatic carbocycles. The summed E-state index contributed by atoms with van der Waals surface area (Å²) in [6, 6.07) is 25.5. The number of hydrogen-bond donors (Lipinski definition) is 1. The minimum atomic E-state index is -0.721. The van der Waals surface area contributed by atoms with Crippen LogP contribution in [0.3, 0.4) is 0 Å². The second kappa shape index (κ2) is 10.7. The molecule has 38 heavy (non-hydrogen) atoms. The lowest BCUT2D eigenvalue weighted by molar-refractivity contribution is -0.140. The molecule has 1 aliphatic heterocycles. The number of aliphatic hydroxyl groups is 1. The number of ether oxygens (including phenoxy) is 1. The van der Waals surface area contributed by atoms with Gasteiger partial charge in [-0.2, -0.15) is 0 Å². The van der Waals surface area contributed by atoms with Crippen molar-refractivity contribution < 1.29 is 19.4 Å². The van der Waals surface area contributed by atoms with Gasteiger partial charge < -0.3 is 14.7 Å². The van der Waals surface area contributed by atoms with Crippen LogP contribution in [0.5, 0.6) is 5.75 Å². The number of hydrogen-bond acceptors (Lipinski definition) is 5. The van der Waals surface area contributed by atoms with Crippen LogP contribution in [0.1, 0.15) is 39.4 Å². The minimum absolute atomic E-state index is 0.0707. The van der Waals surface area contributed by atoms with Gasteiger partial charge in [-0.3, -0.25) is 14.6 Å². The first-order chi connectivity index (χ1) is 18.4. The number of rotatable bonds is 7. The van der Waals surface area contributed by atoms with Gasteiger partial charge in [0, 0.05) is 24.5 Å². The number of aromatic nitrogens is 1. The van der Waals surface area contributed by atoms with E-state index >= 15 is 0 Å².